The number of aryl methyl sites for hydroxylation is 2. The second kappa shape index (κ2) is 3.26. The van der Waals surface area contributed by atoms with E-state index in [1.165, 1.54) is 0 Å². The Hall–Kier alpha value is -1.51. The quantitative estimate of drug-likeness (QED) is 0.661. The molecule has 2 rings (SSSR count). The van der Waals surface area contributed by atoms with E-state index in [2.05, 4.69) is 0 Å². The Bertz CT molecular complexity index is 435. The van der Waals surface area contributed by atoms with Crippen LogP contribution in [0.3, 0.4) is 0 Å². The summed E-state index contributed by atoms with van der Waals surface area (Å²) in [5.41, 5.74) is 3.04. The van der Waals surface area contributed by atoms with Crippen LogP contribution in [0.2, 0.25) is 0 Å². The molecule has 1 aromatic carbocycles. The van der Waals surface area contributed by atoms with Gasteiger partial charge in [0.05, 0.1) is 0 Å². The molecule has 0 saturated heterocycles. The smallest absolute Gasteiger partial charge is 0.342 e. The molecule has 1 aromatic rings. The molecule has 0 aliphatic carbocycles. The molecule has 0 amide bonds. The van der Waals surface area contributed by atoms with Crippen LogP contribution in [-0.2, 0) is 11.2 Å². The van der Waals surface area contributed by atoms with Gasteiger partial charge in [-0.05, 0) is 37.5 Å². The molecule has 0 aromatic heterocycles. The second-order valence-corrected chi connectivity index (χ2v) is 4.13. The van der Waals surface area contributed by atoms with E-state index in [4.69, 9.17) is 4.74 Å². The molecule has 0 saturated carbocycles. The number of carbonyl (C=O) groups is 1. The third-order valence-corrected chi connectivity index (χ3v) is 2.83. The minimum atomic E-state index is -0.409. The normalized spacial score (nSPS) is 19.7. The van der Waals surface area contributed by atoms with Gasteiger partial charge < -0.3 is 9.84 Å². The van der Waals surface area contributed by atoms with E-state index < -0.39 is 5.97 Å². The number of ether oxygens (including phenoxy) is 1. The van der Waals surface area contributed by atoms with Crippen molar-refractivity contribution >= 4 is 5.97 Å². The summed E-state index contributed by atoms with van der Waals surface area (Å²) in [6.45, 7) is 5.60. The molecule has 1 aliphatic heterocycles. The molecule has 0 fully saturated rings. The van der Waals surface area contributed by atoms with Crippen molar-refractivity contribution < 1.29 is 14.6 Å². The molecule has 0 spiro atoms. The van der Waals surface area contributed by atoms with Crippen LogP contribution in [0, 0.1) is 13.8 Å². The fraction of sp³-hybridized carbons (Fsp3) is 0.417. The number of esters is 1. The molecule has 1 aliphatic rings. The summed E-state index contributed by atoms with van der Waals surface area (Å²) < 4.78 is 5.10. The summed E-state index contributed by atoms with van der Waals surface area (Å²) >= 11 is 0. The van der Waals surface area contributed by atoms with Gasteiger partial charge in [-0.1, -0.05) is 6.07 Å². The van der Waals surface area contributed by atoms with Gasteiger partial charge in [0.15, 0.2) is 0 Å². The minimum absolute atomic E-state index is 0.0625. The predicted molar refractivity (Wildman–Crippen MR) is 56.2 cm³/mol. The Labute approximate surface area is 88.7 Å². The Balaban J connectivity index is 2.69. The molecule has 1 N–H and O–H groups in total. The maximum Gasteiger partial charge on any atom is 0.342 e. The first-order valence-electron chi connectivity index (χ1n) is 5.03. The number of cyclic esters (lactones) is 1. The van der Waals surface area contributed by atoms with Gasteiger partial charge in [0.2, 0.25) is 0 Å². The molecule has 80 valence electrons. The number of phenolic OH excluding ortho intramolecular Hbond substituents is 1. The molecule has 1 heterocycles. The van der Waals surface area contributed by atoms with Crippen LogP contribution in [0.4, 0.5) is 0 Å². The second-order valence-electron chi connectivity index (χ2n) is 4.13. The maximum atomic E-state index is 11.6. The molecule has 1 atom stereocenters. The largest absolute Gasteiger partial charge is 0.507 e. The highest BCUT2D eigenvalue weighted by molar-refractivity contribution is 5.96. The van der Waals surface area contributed by atoms with Crippen LogP contribution in [0.15, 0.2) is 6.07 Å². The number of phenols is 1. The molecule has 15 heavy (non-hydrogen) atoms. The monoisotopic (exact) mass is 206 g/mol. The average Bonchev–Trinajstić information content (AvgIpc) is 2.13. The molecule has 1 unspecified atom stereocenters. The van der Waals surface area contributed by atoms with Crippen molar-refractivity contribution in [1.82, 2.24) is 0 Å². The average molecular weight is 206 g/mol. The topological polar surface area (TPSA) is 46.5 Å². The Kier molecular flexibility index (Phi) is 2.18. The molecule has 3 nitrogen and oxygen atoms in total. The lowest BCUT2D eigenvalue weighted by atomic mass is 9.92. The van der Waals surface area contributed by atoms with Gasteiger partial charge in [0.25, 0.3) is 0 Å². The van der Waals surface area contributed by atoms with Crippen molar-refractivity contribution in [3.63, 3.8) is 0 Å². The number of carbonyl (C=O) groups excluding carboxylic acids is 1. The Morgan fingerprint density at radius 3 is 2.73 bits per heavy atom. The van der Waals surface area contributed by atoms with Gasteiger partial charge >= 0.3 is 5.97 Å². The summed E-state index contributed by atoms with van der Waals surface area (Å²) in [7, 11) is 0. The van der Waals surface area contributed by atoms with Crippen LogP contribution in [0.1, 0.15) is 34.0 Å². The van der Waals surface area contributed by atoms with Crippen LogP contribution < -0.4 is 0 Å². The summed E-state index contributed by atoms with van der Waals surface area (Å²) in [4.78, 5) is 11.6. The number of aromatic hydroxyl groups is 1. The highest BCUT2D eigenvalue weighted by Gasteiger charge is 2.28. The van der Waals surface area contributed by atoms with Crippen molar-refractivity contribution in [2.45, 2.75) is 33.3 Å². The lowest BCUT2D eigenvalue weighted by Gasteiger charge is -2.24. The Morgan fingerprint density at radius 2 is 2.07 bits per heavy atom. The zero-order valence-electron chi connectivity index (χ0n) is 9.13. The van der Waals surface area contributed by atoms with Gasteiger partial charge in [0.1, 0.15) is 17.4 Å². The number of hydrogen-bond acceptors (Lipinski definition) is 3. The summed E-state index contributed by atoms with van der Waals surface area (Å²) in [6.07, 6.45) is 0.576. The summed E-state index contributed by atoms with van der Waals surface area (Å²) in [6, 6.07) is 1.90. The van der Waals surface area contributed by atoms with E-state index in [1.54, 1.807) is 6.92 Å². The molecule has 0 radical (unpaired) electrons. The van der Waals surface area contributed by atoms with Gasteiger partial charge in [-0.15, -0.1) is 0 Å². The highest BCUT2D eigenvalue weighted by atomic mass is 16.5. The van der Waals surface area contributed by atoms with Crippen molar-refractivity contribution in [2.24, 2.45) is 0 Å². The third kappa shape index (κ3) is 1.48. The zero-order valence-corrected chi connectivity index (χ0v) is 9.13. The van der Waals surface area contributed by atoms with E-state index in [-0.39, 0.29) is 11.9 Å². The van der Waals surface area contributed by atoms with Crippen molar-refractivity contribution in [1.29, 1.82) is 0 Å². The molecular weight excluding hydrogens is 192 g/mol. The fourth-order valence-electron chi connectivity index (χ4n) is 2.07. The molecule has 0 bridgehead atoms. The summed E-state index contributed by atoms with van der Waals surface area (Å²) in [5, 5.41) is 9.82. The number of hydrogen-bond donors (Lipinski definition) is 1. The SMILES string of the molecule is Cc1cc(C)c2c(c1O)C(=O)OC(C)C2. The standard InChI is InChI=1S/C12H14O3/c1-6-4-7(2)11(13)10-9(6)5-8(3)15-12(10)14/h4,8,13H,5H2,1-3H3. The number of benzene rings is 1. The van der Waals surface area contributed by atoms with Crippen molar-refractivity contribution in [3.8, 4) is 5.75 Å². The van der Waals surface area contributed by atoms with Crippen LogP contribution >= 0.6 is 0 Å². The van der Waals surface area contributed by atoms with E-state index in [0.29, 0.717) is 12.0 Å². The van der Waals surface area contributed by atoms with Crippen molar-refractivity contribution in [2.75, 3.05) is 0 Å². The zero-order chi connectivity index (χ0) is 11.2. The lowest BCUT2D eigenvalue weighted by molar-refractivity contribution is 0.0296. The fourth-order valence-corrected chi connectivity index (χ4v) is 2.07. The van der Waals surface area contributed by atoms with Crippen molar-refractivity contribution in [3.05, 3.63) is 28.3 Å². The van der Waals surface area contributed by atoms with E-state index >= 15 is 0 Å². The predicted octanol–water partition coefficient (Wildman–Crippen LogP) is 2.11. The van der Waals surface area contributed by atoms with Gasteiger partial charge in [-0.3, -0.25) is 0 Å². The highest BCUT2D eigenvalue weighted by Crippen LogP contribution is 2.33. The lowest BCUT2D eigenvalue weighted by Crippen LogP contribution is -2.26. The van der Waals surface area contributed by atoms with Gasteiger partial charge in [-0.2, -0.15) is 0 Å². The van der Waals surface area contributed by atoms with Crippen LogP contribution in [-0.4, -0.2) is 17.2 Å². The van der Waals surface area contributed by atoms with E-state index in [1.807, 2.05) is 19.9 Å². The number of rotatable bonds is 0. The minimum Gasteiger partial charge on any atom is -0.507 e. The van der Waals surface area contributed by atoms with E-state index in [9.17, 15) is 9.90 Å². The van der Waals surface area contributed by atoms with Gasteiger partial charge in [0, 0.05) is 6.42 Å². The van der Waals surface area contributed by atoms with Crippen LogP contribution in [0.25, 0.3) is 0 Å². The maximum absolute atomic E-state index is 11.6. The molecular formula is C12H14O3. The van der Waals surface area contributed by atoms with Crippen LogP contribution in [0.5, 0.6) is 5.75 Å². The molecule has 3 heteroatoms. The van der Waals surface area contributed by atoms with E-state index in [0.717, 1.165) is 16.7 Å². The third-order valence-electron chi connectivity index (χ3n) is 2.83. The summed E-state index contributed by atoms with van der Waals surface area (Å²) in [5.74, 6) is -0.347. The first-order valence-corrected chi connectivity index (χ1v) is 5.03. The number of fused-ring (bicyclic) bond motifs is 1. The van der Waals surface area contributed by atoms with Gasteiger partial charge in [-0.25, -0.2) is 4.79 Å². The first kappa shape index (κ1) is 10.0. The first-order chi connectivity index (χ1) is 7.00. The Morgan fingerprint density at radius 1 is 1.40 bits per heavy atom.